The summed E-state index contributed by atoms with van der Waals surface area (Å²) in [6, 6.07) is 7.84. The predicted molar refractivity (Wildman–Crippen MR) is 88.4 cm³/mol. The monoisotopic (exact) mass is 359 g/mol. The van der Waals surface area contributed by atoms with Crippen molar-refractivity contribution in [2.24, 2.45) is 0 Å². The van der Waals surface area contributed by atoms with Gasteiger partial charge in [0.2, 0.25) is 5.88 Å². The molecule has 1 amide bonds. The largest absolute Gasteiger partial charge is 0.477 e. The van der Waals surface area contributed by atoms with Crippen LogP contribution in [0.15, 0.2) is 47.1 Å². The molecule has 0 bridgehead atoms. The Bertz CT molecular complexity index is 928. The number of nitrogens with one attached hydrogen (secondary N) is 1. The second-order valence-electron chi connectivity index (χ2n) is 5.28. The standard InChI is InChI=1S/C18H15F2N3O3/c1-2-25-18-14(4-3-7-21-18)17(24)22-10-12-9-16(26-23-12)13-6-5-11(19)8-15(13)20/h3-9H,2,10H2,1H3,(H,22,24). The van der Waals surface area contributed by atoms with E-state index < -0.39 is 11.6 Å². The van der Waals surface area contributed by atoms with Crippen molar-refractivity contribution in [2.45, 2.75) is 13.5 Å². The molecule has 0 spiro atoms. The molecule has 0 atom stereocenters. The van der Waals surface area contributed by atoms with Crippen LogP contribution in [-0.2, 0) is 6.54 Å². The normalized spacial score (nSPS) is 10.6. The zero-order valence-electron chi connectivity index (χ0n) is 13.8. The molecule has 1 N–H and O–H groups in total. The second-order valence-corrected chi connectivity index (χ2v) is 5.28. The zero-order chi connectivity index (χ0) is 18.5. The van der Waals surface area contributed by atoms with Crippen LogP contribution < -0.4 is 10.1 Å². The summed E-state index contributed by atoms with van der Waals surface area (Å²) in [5.41, 5.74) is 0.768. The highest BCUT2D eigenvalue weighted by atomic mass is 19.1. The first kappa shape index (κ1) is 17.5. The summed E-state index contributed by atoms with van der Waals surface area (Å²) in [7, 11) is 0. The van der Waals surface area contributed by atoms with E-state index in [1.807, 2.05) is 0 Å². The molecule has 2 heterocycles. The number of benzene rings is 1. The van der Waals surface area contributed by atoms with Gasteiger partial charge in [0.25, 0.3) is 5.91 Å². The fourth-order valence-corrected chi connectivity index (χ4v) is 2.29. The summed E-state index contributed by atoms with van der Waals surface area (Å²) in [5, 5.41) is 6.45. The van der Waals surface area contributed by atoms with E-state index in [9.17, 15) is 13.6 Å². The third kappa shape index (κ3) is 3.85. The van der Waals surface area contributed by atoms with Crippen LogP contribution in [0.1, 0.15) is 23.0 Å². The molecule has 26 heavy (non-hydrogen) atoms. The molecule has 0 saturated heterocycles. The van der Waals surface area contributed by atoms with Crippen molar-refractivity contribution in [1.82, 2.24) is 15.5 Å². The molecule has 0 aliphatic rings. The fourth-order valence-electron chi connectivity index (χ4n) is 2.29. The van der Waals surface area contributed by atoms with Crippen molar-refractivity contribution in [3.8, 4) is 17.2 Å². The first-order chi connectivity index (χ1) is 12.6. The Morgan fingerprint density at radius 2 is 2.12 bits per heavy atom. The summed E-state index contributed by atoms with van der Waals surface area (Å²) in [6.45, 7) is 2.24. The van der Waals surface area contributed by atoms with E-state index in [1.165, 1.54) is 18.3 Å². The van der Waals surface area contributed by atoms with Crippen LogP contribution in [0.4, 0.5) is 8.78 Å². The predicted octanol–water partition coefficient (Wildman–Crippen LogP) is 3.34. The van der Waals surface area contributed by atoms with Crippen LogP contribution in [0.5, 0.6) is 5.88 Å². The van der Waals surface area contributed by atoms with Crippen LogP contribution in [-0.4, -0.2) is 22.7 Å². The highest BCUT2D eigenvalue weighted by Crippen LogP contribution is 2.24. The Hall–Kier alpha value is -3.29. The van der Waals surface area contributed by atoms with Crippen LogP contribution >= 0.6 is 0 Å². The van der Waals surface area contributed by atoms with Crippen molar-refractivity contribution < 1.29 is 22.8 Å². The van der Waals surface area contributed by atoms with Crippen molar-refractivity contribution >= 4 is 5.91 Å². The van der Waals surface area contributed by atoms with Crippen molar-refractivity contribution in [3.05, 3.63) is 65.5 Å². The molecule has 0 saturated carbocycles. The number of ether oxygens (including phenoxy) is 1. The molecule has 8 heteroatoms. The molecular weight excluding hydrogens is 344 g/mol. The smallest absolute Gasteiger partial charge is 0.257 e. The quantitative estimate of drug-likeness (QED) is 0.730. The lowest BCUT2D eigenvalue weighted by molar-refractivity contribution is 0.0945. The van der Waals surface area contributed by atoms with E-state index in [-0.39, 0.29) is 29.7 Å². The Morgan fingerprint density at radius 3 is 2.88 bits per heavy atom. The van der Waals surface area contributed by atoms with Gasteiger partial charge in [0, 0.05) is 18.3 Å². The van der Waals surface area contributed by atoms with Crippen LogP contribution in [0, 0.1) is 11.6 Å². The highest BCUT2D eigenvalue weighted by molar-refractivity contribution is 5.96. The minimum atomic E-state index is -0.756. The number of hydrogen-bond acceptors (Lipinski definition) is 5. The van der Waals surface area contributed by atoms with Gasteiger partial charge in [-0.2, -0.15) is 0 Å². The maximum atomic E-state index is 13.8. The summed E-state index contributed by atoms with van der Waals surface area (Å²) in [5.74, 6) is -1.45. The Kier molecular flexibility index (Phi) is 5.21. The minimum absolute atomic E-state index is 0.0611. The molecular formula is C18H15F2N3O3. The summed E-state index contributed by atoms with van der Waals surface area (Å²) >= 11 is 0. The van der Waals surface area contributed by atoms with Gasteiger partial charge in [0.05, 0.1) is 18.7 Å². The molecule has 3 aromatic rings. The lowest BCUT2D eigenvalue weighted by atomic mass is 10.1. The Morgan fingerprint density at radius 1 is 1.27 bits per heavy atom. The number of halogens is 2. The molecule has 0 fully saturated rings. The summed E-state index contributed by atoms with van der Waals surface area (Å²) in [4.78, 5) is 16.3. The molecule has 3 rings (SSSR count). The molecule has 0 unspecified atom stereocenters. The van der Waals surface area contributed by atoms with Gasteiger partial charge in [-0.15, -0.1) is 0 Å². The van der Waals surface area contributed by atoms with Crippen molar-refractivity contribution in [2.75, 3.05) is 6.61 Å². The lowest BCUT2D eigenvalue weighted by Crippen LogP contribution is -2.24. The number of pyridine rings is 1. The topological polar surface area (TPSA) is 77.2 Å². The third-order valence-corrected chi connectivity index (χ3v) is 3.48. The van der Waals surface area contributed by atoms with E-state index in [0.717, 1.165) is 12.1 Å². The van der Waals surface area contributed by atoms with Gasteiger partial charge >= 0.3 is 0 Å². The van der Waals surface area contributed by atoms with Gasteiger partial charge in [-0.3, -0.25) is 4.79 Å². The molecule has 0 aliphatic carbocycles. The van der Waals surface area contributed by atoms with Crippen LogP contribution in [0.3, 0.4) is 0 Å². The molecule has 2 aromatic heterocycles. The van der Waals surface area contributed by atoms with Gasteiger partial charge in [0.15, 0.2) is 5.76 Å². The average molecular weight is 359 g/mol. The number of hydrogen-bond donors (Lipinski definition) is 1. The number of carbonyl (C=O) groups excluding carboxylic acids is 1. The van der Waals surface area contributed by atoms with Crippen molar-refractivity contribution in [1.29, 1.82) is 0 Å². The van der Waals surface area contributed by atoms with E-state index in [1.54, 1.807) is 19.1 Å². The van der Waals surface area contributed by atoms with E-state index in [0.29, 0.717) is 17.9 Å². The van der Waals surface area contributed by atoms with Crippen molar-refractivity contribution in [3.63, 3.8) is 0 Å². The van der Waals surface area contributed by atoms with Gasteiger partial charge in [-0.1, -0.05) is 5.16 Å². The minimum Gasteiger partial charge on any atom is -0.477 e. The van der Waals surface area contributed by atoms with E-state index in [4.69, 9.17) is 9.26 Å². The van der Waals surface area contributed by atoms with Gasteiger partial charge in [0.1, 0.15) is 22.9 Å². The van der Waals surface area contributed by atoms with Crippen LogP contribution in [0.25, 0.3) is 11.3 Å². The van der Waals surface area contributed by atoms with E-state index in [2.05, 4.69) is 15.5 Å². The first-order valence-electron chi connectivity index (χ1n) is 7.85. The Balaban J connectivity index is 1.69. The van der Waals surface area contributed by atoms with Gasteiger partial charge in [-0.25, -0.2) is 13.8 Å². The van der Waals surface area contributed by atoms with Crippen LogP contribution in [0.2, 0.25) is 0 Å². The number of nitrogens with zero attached hydrogens (tertiary/aromatic N) is 2. The zero-order valence-corrected chi connectivity index (χ0v) is 13.8. The van der Waals surface area contributed by atoms with Gasteiger partial charge in [-0.05, 0) is 31.2 Å². The number of aromatic nitrogens is 2. The summed E-state index contributed by atoms with van der Waals surface area (Å²) in [6.07, 6.45) is 1.53. The molecule has 6 nitrogen and oxygen atoms in total. The highest BCUT2D eigenvalue weighted by Gasteiger charge is 2.15. The first-order valence-corrected chi connectivity index (χ1v) is 7.85. The van der Waals surface area contributed by atoms with E-state index >= 15 is 0 Å². The number of carbonyl (C=O) groups is 1. The maximum Gasteiger partial charge on any atom is 0.257 e. The Labute approximate surface area is 147 Å². The lowest BCUT2D eigenvalue weighted by Gasteiger charge is -2.08. The second kappa shape index (κ2) is 7.73. The van der Waals surface area contributed by atoms with Gasteiger partial charge < -0.3 is 14.6 Å². The fraction of sp³-hybridized carbons (Fsp3) is 0.167. The maximum absolute atomic E-state index is 13.8. The number of amides is 1. The molecule has 0 aliphatic heterocycles. The average Bonchev–Trinajstić information content (AvgIpc) is 3.09. The third-order valence-electron chi connectivity index (χ3n) is 3.48. The summed E-state index contributed by atoms with van der Waals surface area (Å²) < 4.78 is 37.1. The SMILES string of the molecule is CCOc1ncccc1C(=O)NCc1cc(-c2ccc(F)cc2F)on1. The molecule has 134 valence electrons. The number of rotatable bonds is 6. The molecule has 1 aromatic carbocycles. The molecule has 0 radical (unpaired) electrons.